The number of anilines is 1. The zero-order chi connectivity index (χ0) is 19.1. The average molecular weight is 376 g/mol. The third kappa shape index (κ3) is 5.60. The molecule has 0 aliphatic rings. The summed E-state index contributed by atoms with van der Waals surface area (Å²) in [4.78, 5) is 35.4. The fraction of sp³-hybridized carbons (Fsp3) is 0.211. The predicted molar refractivity (Wildman–Crippen MR) is 97.3 cm³/mol. The smallest absolute Gasteiger partial charge is 0.337 e. The molecular formula is C19H18ClNO5. The number of esters is 2. The molecule has 2 aromatic rings. The Hall–Kier alpha value is -2.86. The lowest BCUT2D eigenvalue weighted by Gasteiger charge is -2.10. The number of carbonyl (C=O) groups is 3. The number of benzene rings is 2. The molecule has 2 aromatic carbocycles. The van der Waals surface area contributed by atoms with Crippen LogP contribution in [0.5, 0.6) is 0 Å². The zero-order valence-corrected chi connectivity index (χ0v) is 15.1. The Balaban J connectivity index is 1.89. The summed E-state index contributed by atoms with van der Waals surface area (Å²) in [7, 11) is 1.28. The topological polar surface area (TPSA) is 81.7 Å². The zero-order valence-electron chi connectivity index (χ0n) is 14.4. The Morgan fingerprint density at radius 2 is 1.77 bits per heavy atom. The average Bonchev–Trinajstić information content (AvgIpc) is 2.63. The number of nitrogens with one attached hydrogen (secondary N) is 1. The Labute approximate surface area is 156 Å². The van der Waals surface area contributed by atoms with E-state index >= 15 is 0 Å². The molecule has 1 amide bonds. The second kappa shape index (κ2) is 9.01. The van der Waals surface area contributed by atoms with Crippen molar-refractivity contribution < 1.29 is 23.9 Å². The summed E-state index contributed by atoms with van der Waals surface area (Å²) >= 11 is 5.78. The van der Waals surface area contributed by atoms with Gasteiger partial charge in [0.25, 0.3) is 5.91 Å². The van der Waals surface area contributed by atoms with Crippen molar-refractivity contribution in [1.29, 1.82) is 0 Å². The lowest BCUT2D eigenvalue weighted by Crippen LogP contribution is -2.22. The van der Waals surface area contributed by atoms with Crippen molar-refractivity contribution in [2.24, 2.45) is 0 Å². The van der Waals surface area contributed by atoms with E-state index in [1.54, 1.807) is 43.3 Å². The molecular weight excluding hydrogens is 358 g/mol. The van der Waals surface area contributed by atoms with Crippen LogP contribution in [0.4, 0.5) is 5.69 Å². The van der Waals surface area contributed by atoms with E-state index in [-0.39, 0.29) is 6.42 Å². The first-order valence-electron chi connectivity index (χ1n) is 7.78. The summed E-state index contributed by atoms with van der Waals surface area (Å²) in [6.07, 6.45) is 0.0430. The third-order valence-electron chi connectivity index (χ3n) is 3.56. The van der Waals surface area contributed by atoms with Gasteiger partial charge in [-0.3, -0.25) is 9.59 Å². The lowest BCUT2D eigenvalue weighted by molar-refractivity contribution is -0.146. The van der Waals surface area contributed by atoms with Gasteiger partial charge in [0.2, 0.25) is 0 Å². The van der Waals surface area contributed by atoms with Crippen molar-refractivity contribution in [1.82, 2.24) is 0 Å². The molecule has 0 aliphatic heterocycles. The van der Waals surface area contributed by atoms with Gasteiger partial charge in [0.05, 0.1) is 19.1 Å². The van der Waals surface area contributed by atoms with E-state index in [0.717, 1.165) is 11.1 Å². The van der Waals surface area contributed by atoms with Crippen molar-refractivity contribution >= 4 is 35.1 Å². The number of methoxy groups -OCH3 is 1. The van der Waals surface area contributed by atoms with Crippen LogP contribution in [-0.4, -0.2) is 31.6 Å². The quantitative estimate of drug-likeness (QED) is 0.784. The van der Waals surface area contributed by atoms with Gasteiger partial charge < -0.3 is 14.8 Å². The number of amides is 1. The van der Waals surface area contributed by atoms with Gasteiger partial charge in [-0.15, -0.1) is 0 Å². The molecule has 26 heavy (non-hydrogen) atoms. The second-order valence-corrected chi connectivity index (χ2v) is 5.97. The first-order chi connectivity index (χ1) is 12.4. The fourth-order valence-electron chi connectivity index (χ4n) is 2.15. The minimum atomic E-state index is -0.525. The molecule has 0 bridgehead atoms. The molecule has 136 valence electrons. The van der Waals surface area contributed by atoms with E-state index in [1.807, 2.05) is 0 Å². The Kier molecular flexibility index (Phi) is 6.74. The Bertz CT molecular complexity index is 817. The van der Waals surface area contributed by atoms with Gasteiger partial charge in [-0.2, -0.15) is 0 Å². The van der Waals surface area contributed by atoms with E-state index in [0.29, 0.717) is 16.3 Å². The highest BCUT2D eigenvalue weighted by Crippen LogP contribution is 2.17. The van der Waals surface area contributed by atoms with Gasteiger partial charge in [0.1, 0.15) is 0 Å². The van der Waals surface area contributed by atoms with Crippen LogP contribution >= 0.6 is 11.6 Å². The van der Waals surface area contributed by atoms with E-state index in [1.165, 1.54) is 13.2 Å². The van der Waals surface area contributed by atoms with Gasteiger partial charge >= 0.3 is 11.9 Å². The normalized spacial score (nSPS) is 10.1. The number of ether oxygens (including phenoxy) is 2. The monoisotopic (exact) mass is 375 g/mol. The van der Waals surface area contributed by atoms with Crippen LogP contribution < -0.4 is 5.32 Å². The molecule has 0 saturated heterocycles. The van der Waals surface area contributed by atoms with Crippen LogP contribution in [0.2, 0.25) is 5.02 Å². The highest BCUT2D eigenvalue weighted by molar-refractivity contribution is 6.30. The molecule has 0 heterocycles. The van der Waals surface area contributed by atoms with Crippen molar-refractivity contribution in [3.05, 3.63) is 64.2 Å². The molecule has 0 aliphatic carbocycles. The predicted octanol–water partition coefficient (Wildman–Crippen LogP) is 3.16. The molecule has 0 radical (unpaired) electrons. The van der Waals surface area contributed by atoms with Crippen LogP contribution in [0.1, 0.15) is 21.5 Å². The number of halogens is 1. The van der Waals surface area contributed by atoms with Crippen LogP contribution in [0.3, 0.4) is 0 Å². The second-order valence-electron chi connectivity index (χ2n) is 5.53. The van der Waals surface area contributed by atoms with E-state index in [2.05, 4.69) is 10.1 Å². The van der Waals surface area contributed by atoms with Crippen molar-refractivity contribution in [3.63, 3.8) is 0 Å². The minimum absolute atomic E-state index is 0.0430. The van der Waals surface area contributed by atoms with Gasteiger partial charge in [-0.05, 0) is 42.3 Å². The molecule has 1 N–H and O–H groups in total. The Morgan fingerprint density at radius 3 is 2.42 bits per heavy atom. The van der Waals surface area contributed by atoms with E-state index in [9.17, 15) is 14.4 Å². The number of rotatable bonds is 6. The summed E-state index contributed by atoms with van der Waals surface area (Å²) in [5, 5.41) is 3.19. The molecule has 0 unspecified atom stereocenters. The summed E-state index contributed by atoms with van der Waals surface area (Å²) in [5.74, 6) is -1.53. The number of aryl methyl sites for hydroxylation is 1. The number of hydrogen-bond donors (Lipinski definition) is 1. The molecule has 0 atom stereocenters. The van der Waals surface area contributed by atoms with Gasteiger partial charge in [0, 0.05) is 10.7 Å². The highest BCUT2D eigenvalue weighted by atomic mass is 35.5. The molecule has 0 spiro atoms. The maximum absolute atomic E-state index is 12.0. The van der Waals surface area contributed by atoms with Crippen LogP contribution in [0.15, 0.2) is 42.5 Å². The van der Waals surface area contributed by atoms with Crippen molar-refractivity contribution in [2.75, 3.05) is 19.0 Å². The molecule has 6 nitrogen and oxygen atoms in total. The molecule has 0 aromatic heterocycles. The number of carbonyl (C=O) groups excluding carboxylic acids is 3. The molecule has 0 fully saturated rings. The van der Waals surface area contributed by atoms with E-state index in [4.69, 9.17) is 16.3 Å². The summed E-state index contributed by atoms with van der Waals surface area (Å²) < 4.78 is 9.62. The minimum Gasteiger partial charge on any atom is -0.465 e. The largest absolute Gasteiger partial charge is 0.465 e. The molecule has 7 heteroatoms. The Morgan fingerprint density at radius 1 is 1.08 bits per heavy atom. The first-order valence-corrected chi connectivity index (χ1v) is 8.15. The third-order valence-corrected chi connectivity index (χ3v) is 3.81. The van der Waals surface area contributed by atoms with Crippen LogP contribution in [0, 0.1) is 6.92 Å². The van der Waals surface area contributed by atoms with Gasteiger partial charge in [0.15, 0.2) is 6.61 Å². The van der Waals surface area contributed by atoms with Gasteiger partial charge in [-0.25, -0.2) is 4.79 Å². The standard InChI is InChI=1S/C19H18ClNO5/c1-12-3-6-14(19(24)25-2)10-16(12)21-17(22)11-26-18(23)9-13-4-7-15(20)8-5-13/h3-8,10H,9,11H2,1-2H3,(H,21,22). The van der Waals surface area contributed by atoms with Crippen molar-refractivity contribution in [3.8, 4) is 0 Å². The van der Waals surface area contributed by atoms with E-state index < -0.39 is 24.5 Å². The maximum atomic E-state index is 12.0. The van der Waals surface area contributed by atoms with Crippen molar-refractivity contribution in [2.45, 2.75) is 13.3 Å². The fourth-order valence-corrected chi connectivity index (χ4v) is 2.28. The summed E-state index contributed by atoms with van der Waals surface area (Å²) in [6.45, 7) is 1.36. The molecule has 2 rings (SSSR count). The highest BCUT2D eigenvalue weighted by Gasteiger charge is 2.12. The van der Waals surface area contributed by atoms with Crippen LogP contribution in [0.25, 0.3) is 0 Å². The summed E-state index contributed by atoms with van der Waals surface area (Å²) in [5.41, 5.74) is 2.26. The van der Waals surface area contributed by atoms with Crippen LogP contribution in [-0.2, 0) is 25.5 Å². The SMILES string of the molecule is COC(=O)c1ccc(C)c(NC(=O)COC(=O)Cc2ccc(Cl)cc2)c1. The summed E-state index contributed by atoms with van der Waals surface area (Å²) in [6, 6.07) is 11.6. The number of hydrogen-bond acceptors (Lipinski definition) is 5. The van der Waals surface area contributed by atoms with Gasteiger partial charge in [-0.1, -0.05) is 29.8 Å². The molecule has 0 saturated carbocycles. The maximum Gasteiger partial charge on any atom is 0.337 e. The lowest BCUT2D eigenvalue weighted by atomic mass is 10.1. The first kappa shape index (κ1) is 19.5.